The number of nitrogen functional groups attached to an aromatic ring is 1. The van der Waals surface area contributed by atoms with Gasteiger partial charge in [0.2, 0.25) is 0 Å². The lowest BCUT2D eigenvalue weighted by Crippen LogP contribution is -2.17. The number of hydrogen-bond acceptors (Lipinski definition) is 4. The topological polar surface area (TPSA) is 85.1 Å². The molecule has 0 aliphatic heterocycles. The van der Waals surface area contributed by atoms with Gasteiger partial charge in [-0.1, -0.05) is 0 Å². The van der Waals surface area contributed by atoms with E-state index < -0.39 is 20.7 Å². The average molecular weight is 439 g/mol. The minimum atomic E-state index is -4.14. The molecule has 3 N–H and O–H groups in total. The highest BCUT2D eigenvalue weighted by Gasteiger charge is 2.23. The van der Waals surface area contributed by atoms with Crippen molar-refractivity contribution < 1.29 is 12.8 Å². The van der Waals surface area contributed by atoms with Crippen LogP contribution in [0.5, 0.6) is 0 Å². The van der Waals surface area contributed by atoms with Crippen molar-refractivity contribution in [3.8, 4) is 0 Å². The van der Waals surface area contributed by atoms with Crippen molar-refractivity contribution in [2.24, 2.45) is 0 Å². The van der Waals surface area contributed by atoms with Gasteiger partial charge < -0.3 is 5.73 Å². The predicted octanol–water partition coefficient (Wildman–Crippen LogP) is 3.44. The Morgan fingerprint density at radius 1 is 1.29 bits per heavy atom. The van der Waals surface area contributed by atoms with E-state index in [0.717, 1.165) is 6.07 Å². The molecule has 1 aromatic heterocycles. The van der Waals surface area contributed by atoms with Crippen LogP contribution in [0.4, 0.5) is 15.9 Å². The summed E-state index contributed by atoms with van der Waals surface area (Å²) in [5, 5.41) is 0. The fourth-order valence-corrected chi connectivity index (χ4v) is 3.88. The summed E-state index contributed by atoms with van der Waals surface area (Å²) in [6.45, 7) is 1.68. The molecule has 21 heavy (non-hydrogen) atoms. The van der Waals surface area contributed by atoms with E-state index in [9.17, 15) is 12.8 Å². The summed E-state index contributed by atoms with van der Waals surface area (Å²) in [5.74, 6) is -0.789. The fraction of sp³-hybridized carbons (Fsp3) is 0.0833. The van der Waals surface area contributed by atoms with Crippen molar-refractivity contribution in [2.45, 2.75) is 11.8 Å². The third-order valence-corrected chi connectivity index (χ3v) is 4.93. The summed E-state index contributed by atoms with van der Waals surface area (Å²) in [5.41, 5.74) is 6.28. The summed E-state index contributed by atoms with van der Waals surface area (Å²) < 4.78 is 41.5. The Bertz CT molecular complexity index is 812. The van der Waals surface area contributed by atoms with Gasteiger partial charge in [-0.05, 0) is 62.5 Å². The van der Waals surface area contributed by atoms with E-state index in [4.69, 9.17) is 5.73 Å². The standard InChI is InChI=1S/C12H10Br2FN3O2S/c1-6-2-7(13)5-17-12(6)18-21(19,20)10-4-8(16)3-9(14)11(10)15/h2-5H,16H2,1H3,(H,17,18). The number of nitrogens with zero attached hydrogens (tertiary/aromatic N) is 1. The molecule has 0 unspecified atom stereocenters. The summed E-state index contributed by atoms with van der Waals surface area (Å²) in [6.07, 6.45) is 1.44. The van der Waals surface area contributed by atoms with Crippen molar-refractivity contribution in [3.63, 3.8) is 0 Å². The van der Waals surface area contributed by atoms with E-state index >= 15 is 0 Å². The molecule has 0 aliphatic rings. The maximum atomic E-state index is 14.0. The van der Waals surface area contributed by atoms with Gasteiger partial charge in [0, 0.05) is 16.4 Å². The van der Waals surface area contributed by atoms with Crippen LogP contribution in [0.25, 0.3) is 0 Å². The number of nitrogens with one attached hydrogen (secondary N) is 1. The molecule has 1 heterocycles. The van der Waals surface area contributed by atoms with Gasteiger partial charge in [-0.25, -0.2) is 17.8 Å². The molecule has 2 rings (SSSR count). The number of rotatable bonds is 3. The number of aromatic nitrogens is 1. The zero-order chi connectivity index (χ0) is 15.8. The van der Waals surface area contributed by atoms with Gasteiger partial charge in [0.25, 0.3) is 10.0 Å². The molecule has 9 heteroatoms. The minimum Gasteiger partial charge on any atom is -0.399 e. The second-order valence-electron chi connectivity index (χ2n) is 4.24. The number of nitrogens with two attached hydrogens (primary N) is 1. The van der Waals surface area contributed by atoms with E-state index in [1.54, 1.807) is 13.0 Å². The molecule has 0 saturated heterocycles. The Kier molecular flexibility index (Phi) is 4.54. The monoisotopic (exact) mass is 437 g/mol. The molecule has 0 aliphatic carbocycles. The lowest BCUT2D eigenvalue weighted by atomic mass is 10.3. The molecule has 0 amide bonds. The Hall–Kier alpha value is -1.19. The first kappa shape index (κ1) is 16.2. The number of benzene rings is 1. The quantitative estimate of drug-likeness (QED) is 0.718. The van der Waals surface area contributed by atoms with Gasteiger partial charge >= 0.3 is 0 Å². The van der Waals surface area contributed by atoms with Gasteiger partial charge in [0.15, 0.2) is 5.82 Å². The van der Waals surface area contributed by atoms with E-state index in [0.29, 0.717) is 10.0 Å². The van der Waals surface area contributed by atoms with Crippen LogP contribution in [-0.4, -0.2) is 13.4 Å². The molecule has 0 radical (unpaired) electrons. The fourth-order valence-electron chi connectivity index (χ4n) is 1.61. The molecule has 2 aromatic rings. The third kappa shape index (κ3) is 3.53. The molecule has 1 aromatic carbocycles. The van der Waals surface area contributed by atoms with Crippen molar-refractivity contribution in [1.82, 2.24) is 4.98 Å². The maximum Gasteiger partial charge on any atom is 0.266 e. The first-order valence-electron chi connectivity index (χ1n) is 5.60. The Labute approximate surface area is 138 Å². The number of aryl methyl sites for hydroxylation is 1. The smallest absolute Gasteiger partial charge is 0.266 e. The Balaban J connectivity index is 2.48. The van der Waals surface area contributed by atoms with Gasteiger partial charge in [0.1, 0.15) is 10.7 Å². The van der Waals surface area contributed by atoms with Crippen LogP contribution >= 0.6 is 31.9 Å². The molecule has 112 valence electrons. The zero-order valence-corrected chi connectivity index (χ0v) is 14.7. The highest BCUT2D eigenvalue weighted by atomic mass is 79.9. The molecular weight excluding hydrogens is 429 g/mol. The normalized spacial score (nSPS) is 11.4. The summed E-state index contributed by atoms with van der Waals surface area (Å²) >= 11 is 6.16. The molecule has 0 saturated carbocycles. The molecule has 0 spiro atoms. The number of halogens is 3. The molecular formula is C12H10Br2FN3O2S. The highest BCUT2D eigenvalue weighted by Crippen LogP contribution is 2.28. The van der Waals surface area contributed by atoms with Crippen molar-refractivity contribution in [3.05, 3.63) is 44.7 Å². The summed E-state index contributed by atoms with van der Waals surface area (Å²) in [7, 11) is -4.14. The van der Waals surface area contributed by atoms with Crippen LogP contribution in [0.15, 0.2) is 38.2 Å². The van der Waals surface area contributed by atoms with E-state index in [1.807, 2.05) is 0 Å². The number of hydrogen-bond donors (Lipinski definition) is 2. The average Bonchev–Trinajstić information content (AvgIpc) is 2.37. The van der Waals surface area contributed by atoms with Crippen molar-refractivity contribution in [2.75, 3.05) is 10.5 Å². The van der Waals surface area contributed by atoms with Crippen LogP contribution in [0.2, 0.25) is 0 Å². The molecule has 0 bridgehead atoms. The lowest BCUT2D eigenvalue weighted by Gasteiger charge is -2.11. The van der Waals surface area contributed by atoms with E-state index in [2.05, 4.69) is 41.6 Å². The van der Waals surface area contributed by atoms with E-state index in [1.165, 1.54) is 12.3 Å². The second kappa shape index (κ2) is 5.90. The van der Waals surface area contributed by atoms with Gasteiger partial charge in [-0.3, -0.25) is 4.72 Å². The molecule has 5 nitrogen and oxygen atoms in total. The Morgan fingerprint density at radius 2 is 1.95 bits per heavy atom. The number of sulfonamides is 1. The van der Waals surface area contributed by atoms with Gasteiger partial charge in [0.05, 0.1) is 4.47 Å². The minimum absolute atomic E-state index is 0.0247. The summed E-state index contributed by atoms with van der Waals surface area (Å²) in [6, 6.07) is 4.03. The van der Waals surface area contributed by atoms with Gasteiger partial charge in [-0.15, -0.1) is 0 Å². The van der Waals surface area contributed by atoms with Crippen LogP contribution in [-0.2, 0) is 10.0 Å². The maximum absolute atomic E-state index is 14.0. The van der Waals surface area contributed by atoms with Gasteiger partial charge in [-0.2, -0.15) is 0 Å². The molecule has 0 fully saturated rings. The van der Waals surface area contributed by atoms with Crippen LogP contribution < -0.4 is 10.5 Å². The Morgan fingerprint density at radius 3 is 2.57 bits per heavy atom. The number of pyridine rings is 1. The number of anilines is 2. The van der Waals surface area contributed by atoms with Crippen LogP contribution in [0.1, 0.15) is 5.56 Å². The summed E-state index contributed by atoms with van der Waals surface area (Å²) in [4.78, 5) is 3.42. The predicted molar refractivity (Wildman–Crippen MR) is 86.0 cm³/mol. The van der Waals surface area contributed by atoms with Crippen LogP contribution in [0.3, 0.4) is 0 Å². The van der Waals surface area contributed by atoms with Crippen LogP contribution in [0, 0.1) is 12.7 Å². The van der Waals surface area contributed by atoms with E-state index in [-0.39, 0.29) is 16.0 Å². The second-order valence-corrected chi connectivity index (χ2v) is 7.66. The first-order valence-corrected chi connectivity index (χ1v) is 8.67. The third-order valence-electron chi connectivity index (χ3n) is 2.58. The lowest BCUT2D eigenvalue weighted by molar-refractivity contribution is 0.566. The molecule has 0 atom stereocenters. The first-order chi connectivity index (χ1) is 9.70. The van der Waals surface area contributed by atoms with Crippen molar-refractivity contribution >= 4 is 53.4 Å². The van der Waals surface area contributed by atoms with Crippen molar-refractivity contribution in [1.29, 1.82) is 0 Å². The SMILES string of the molecule is Cc1cc(Br)cnc1NS(=O)(=O)c1cc(N)cc(Br)c1F. The zero-order valence-electron chi connectivity index (χ0n) is 10.7. The largest absolute Gasteiger partial charge is 0.399 e. The highest BCUT2D eigenvalue weighted by molar-refractivity contribution is 9.10.